The Kier molecular flexibility index (Phi) is 13.2. The molecule has 0 unspecified atom stereocenters. The van der Waals surface area contributed by atoms with E-state index in [1.54, 1.807) is 32.6 Å². The van der Waals surface area contributed by atoms with Crippen LogP contribution in [0.5, 0.6) is 5.75 Å². The Morgan fingerprint density at radius 1 is 1.02 bits per heavy atom. The molecule has 0 aromatic heterocycles. The quantitative estimate of drug-likeness (QED) is 0.311. The Balaban J connectivity index is 1.38. The number of nitrogens with zero attached hydrogens (tertiary/aromatic N) is 3. The Labute approximate surface area is 303 Å². The maximum Gasteiger partial charge on any atom is 0.410 e. The minimum absolute atomic E-state index is 0.0128. The van der Waals surface area contributed by atoms with Crippen molar-refractivity contribution >= 4 is 23.8 Å². The molecule has 1 saturated carbocycles. The van der Waals surface area contributed by atoms with Gasteiger partial charge in [-0.05, 0) is 65.9 Å². The van der Waals surface area contributed by atoms with Gasteiger partial charge in [0.05, 0.1) is 32.0 Å². The topological polar surface area (TPSA) is 139 Å². The lowest BCUT2D eigenvalue weighted by Crippen LogP contribution is -2.66. The summed E-state index contributed by atoms with van der Waals surface area (Å²) in [4.78, 5) is 61.1. The van der Waals surface area contributed by atoms with E-state index in [1.165, 1.54) is 11.9 Å². The van der Waals surface area contributed by atoms with Crippen LogP contribution >= 0.6 is 0 Å². The van der Waals surface area contributed by atoms with Crippen LogP contribution in [0, 0.1) is 5.92 Å². The lowest BCUT2D eigenvalue weighted by Gasteiger charge is -2.45. The maximum absolute atomic E-state index is 14.9. The molecule has 2 saturated heterocycles. The molecular weight excluding hydrogens is 654 g/mol. The molecule has 0 spiro atoms. The van der Waals surface area contributed by atoms with E-state index in [-0.39, 0.29) is 35.9 Å². The van der Waals surface area contributed by atoms with Crippen LogP contribution < -0.4 is 15.4 Å². The largest absolute Gasteiger partial charge is 0.493 e. The van der Waals surface area contributed by atoms with Crippen molar-refractivity contribution in [3.05, 3.63) is 29.8 Å². The number of benzene rings is 1. The zero-order chi connectivity index (χ0) is 36.7. The van der Waals surface area contributed by atoms with E-state index >= 15 is 0 Å². The van der Waals surface area contributed by atoms with Crippen LogP contribution in [0.1, 0.15) is 91.2 Å². The highest BCUT2D eigenvalue weighted by atomic mass is 16.6. The number of hydrogen-bond donors (Lipinski definition) is 2. The molecule has 4 aliphatic rings. The van der Waals surface area contributed by atoms with Crippen LogP contribution in [0.25, 0.3) is 0 Å². The van der Waals surface area contributed by atoms with Gasteiger partial charge in [0.1, 0.15) is 29.5 Å². The molecule has 5 rings (SSSR count). The molecule has 13 heteroatoms. The molecule has 3 fully saturated rings. The number of fused-ring (bicyclic) bond motifs is 2. The zero-order valence-corrected chi connectivity index (χ0v) is 31.4. The summed E-state index contributed by atoms with van der Waals surface area (Å²) in [6, 6.07) is 5.00. The molecular formula is C38H59N5O8. The predicted octanol–water partition coefficient (Wildman–Crippen LogP) is 3.65. The van der Waals surface area contributed by atoms with Crippen molar-refractivity contribution in [3.8, 4) is 5.75 Å². The van der Waals surface area contributed by atoms with Crippen LogP contribution in [-0.2, 0) is 28.6 Å². The van der Waals surface area contributed by atoms with Gasteiger partial charge in [-0.15, -0.1) is 0 Å². The molecule has 1 aromatic rings. The molecule has 51 heavy (non-hydrogen) atoms. The third kappa shape index (κ3) is 9.92. The average Bonchev–Trinajstić information content (AvgIpc) is 3.52. The summed E-state index contributed by atoms with van der Waals surface area (Å²) in [6.07, 6.45) is 5.28. The first-order valence-electron chi connectivity index (χ1n) is 18.9. The lowest BCUT2D eigenvalue weighted by atomic mass is 9.82. The Morgan fingerprint density at radius 3 is 2.49 bits per heavy atom. The molecule has 0 bridgehead atoms. The van der Waals surface area contributed by atoms with E-state index in [0.29, 0.717) is 52.5 Å². The number of amides is 4. The van der Waals surface area contributed by atoms with Gasteiger partial charge >= 0.3 is 6.09 Å². The summed E-state index contributed by atoms with van der Waals surface area (Å²) >= 11 is 0. The van der Waals surface area contributed by atoms with Crippen molar-refractivity contribution < 1.29 is 38.1 Å². The SMILES string of the molecule is CCOCCO[C@@H]1C[C@@H]2CN(C(=O)[C@@H](NC(=O)[C@H](C)N(C)C(=O)OC(C)(C)C)C3CCCCC3)[C@H](C(=O)N[C@@H]3CCOc4ccccc43)CN2C1. The molecule has 1 aromatic carbocycles. The predicted molar refractivity (Wildman–Crippen MR) is 191 cm³/mol. The van der Waals surface area contributed by atoms with Crippen molar-refractivity contribution in [3.63, 3.8) is 0 Å². The zero-order valence-electron chi connectivity index (χ0n) is 31.4. The normalized spacial score (nSPS) is 25.1. The van der Waals surface area contributed by atoms with E-state index in [0.717, 1.165) is 49.8 Å². The van der Waals surface area contributed by atoms with Crippen LogP contribution in [0.3, 0.4) is 0 Å². The van der Waals surface area contributed by atoms with Gasteiger partial charge in [-0.25, -0.2) is 4.79 Å². The monoisotopic (exact) mass is 713 g/mol. The van der Waals surface area contributed by atoms with Crippen LogP contribution in [-0.4, -0.2) is 127 Å². The number of carbonyl (C=O) groups excluding carboxylic acids is 4. The Hall–Kier alpha value is -3.42. The van der Waals surface area contributed by atoms with Gasteiger partial charge in [0.15, 0.2) is 0 Å². The second-order valence-electron chi connectivity index (χ2n) is 15.4. The summed E-state index contributed by atoms with van der Waals surface area (Å²) in [5.41, 5.74) is 0.197. The third-order valence-electron chi connectivity index (χ3n) is 10.7. The fraction of sp³-hybridized carbons (Fsp3) is 0.737. The minimum Gasteiger partial charge on any atom is -0.493 e. The number of para-hydroxylation sites is 1. The number of rotatable bonds is 12. The van der Waals surface area contributed by atoms with Crippen molar-refractivity contribution in [1.82, 2.24) is 25.3 Å². The highest BCUT2D eigenvalue weighted by Gasteiger charge is 2.48. The molecule has 3 heterocycles. The third-order valence-corrected chi connectivity index (χ3v) is 10.7. The first-order valence-corrected chi connectivity index (χ1v) is 18.9. The van der Waals surface area contributed by atoms with Gasteiger partial charge in [-0.1, -0.05) is 37.5 Å². The van der Waals surface area contributed by atoms with Crippen molar-refractivity contribution in [2.24, 2.45) is 5.92 Å². The average molecular weight is 714 g/mol. The highest BCUT2D eigenvalue weighted by Crippen LogP contribution is 2.34. The fourth-order valence-corrected chi connectivity index (χ4v) is 7.76. The van der Waals surface area contributed by atoms with Crippen molar-refractivity contribution in [1.29, 1.82) is 0 Å². The first-order chi connectivity index (χ1) is 24.4. The minimum atomic E-state index is -0.882. The second-order valence-corrected chi connectivity index (χ2v) is 15.4. The molecule has 3 aliphatic heterocycles. The molecule has 0 radical (unpaired) electrons. The Morgan fingerprint density at radius 2 is 1.76 bits per heavy atom. The summed E-state index contributed by atoms with van der Waals surface area (Å²) in [6.45, 7) is 12.4. The summed E-state index contributed by atoms with van der Waals surface area (Å²) in [5, 5.41) is 6.32. The van der Waals surface area contributed by atoms with Crippen LogP contribution in [0.2, 0.25) is 0 Å². The number of ether oxygens (including phenoxy) is 4. The fourth-order valence-electron chi connectivity index (χ4n) is 7.76. The van der Waals surface area contributed by atoms with Gasteiger partial charge in [0, 0.05) is 51.3 Å². The van der Waals surface area contributed by atoms with Gasteiger partial charge in [-0.3, -0.25) is 24.2 Å². The van der Waals surface area contributed by atoms with Crippen LogP contribution in [0.4, 0.5) is 4.79 Å². The van der Waals surface area contributed by atoms with E-state index in [1.807, 2.05) is 31.2 Å². The van der Waals surface area contributed by atoms with Gasteiger partial charge in [-0.2, -0.15) is 0 Å². The number of nitrogens with one attached hydrogen (secondary N) is 2. The lowest BCUT2D eigenvalue weighted by molar-refractivity contribution is -0.150. The second kappa shape index (κ2) is 17.4. The van der Waals surface area contributed by atoms with Crippen LogP contribution in [0.15, 0.2) is 24.3 Å². The number of hydrogen-bond acceptors (Lipinski definition) is 9. The van der Waals surface area contributed by atoms with Crippen molar-refractivity contribution in [2.45, 2.75) is 121 Å². The highest BCUT2D eigenvalue weighted by molar-refractivity contribution is 5.94. The molecule has 6 atom stereocenters. The van der Waals surface area contributed by atoms with E-state index in [9.17, 15) is 19.2 Å². The Bertz CT molecular complexity index is 1360. The van der Waals surface area contributed by atoms with Gasteiger partial charge in [0.25, 0.3) is 0 Å². The maximum atomic E-state index is 14.9. The van der Waals surface area contributed by atoms with E-state index < -0.39 is 35.7 Å². The van der Waals surface area contributed by atoms with E-state index in [2.05, 4.69) is 15.5 Å². The van der Waals surface area contributed by atoms with E-state index in [4.69, 9.17) is 18.9 Å². The number of likely N-dealkylation sites (N-methyl/N-ethyl adjacent to an activating group) is 1. The summed E-state index contributed by atoms with van der Waals surface area (Å²) in [5.74, 6) is -0.250. The first kappa shape index (κ1) is 38.8. The molecule has 284 valence electrons. The number of carbonyl (C=O) groups is 4. The molecule has 1 aliphatic carbocycles. The molecule has 2 N–H and O–H groups in total. The molecule has 13 nitrogen and oxygen atoms in total. The number of piperazine rings is 1. The smallest absolute Gasteiger partial charge is 0.410 e. The summed E-state index contributed by atoms with van der Waals surface area (Å²) < 4.78 is 23.0. The van der Waals surface area contributed by atoms with Gasteiger partial charge < -0.3 is 34.5 Å². The standard InChI is InChI=1S/C38H59N5O8/c1-7-48-19-20-49-28-21-27-22-43(31(24-42(27)23-28)35(45)39-30-17-18-50-32-16-12-11-15-29(30)32)36(46)33(26-13-9-8-10-14-26)40-34(44)25(2)41(6)37(47)51-38(3,4)5/h11-12,15-16,25-28,30-31,33H,7-10,13-14,17-24H2,1-6H3,(H,39,45)(H,40,44)/t25-,27+,28+,30+,31-,33-/m0/s1. The molecule has 4 amide bonds. The van der Waals surface area contributed by atoms with Gasteiger partial charge in [0.2, 0.25) is 17.7 Å². The summed E-state index contributed by atoms with van der Waals surface area (Å²) in [7, 11) is 1.52. The van der Waals surface area contributed by atoms with Crippen molar-refractivity contribution in [2.75, 3.05) is 53.1 Å².